The van der Waals surface area contributed by atoms with E-state index in [1.165, 1.54) is 77.2 Å². The third-order valence-electron chi connectivity index (χ3n) is 10.4. The monoisotopic (exact) mass is 586 g/mol. The maximum Gasteiger partial charge on any atom is 0.135 e. The number of ether oxygens (including phenoxy) is 1. The van der Waals surface area contributed by atoms with E-state index in [9.17, 15) is 0 Å². The van der Waals surface area contributed by atoms with Crippen LogP contribution in [0.4, 0.5) is 0 Å². The van der Waals surface area contributed by atoms with Gasteiger partial charge in [-0.05, 0) is 73.2 Å². The molecule has 1 aliphatic heterocycles. The minimum absolute atomic E-state index is 0.434. The van der Waals surface area contributed by atoms with E-state index in [-0.39, 0.29) is 0 Å². The fraction of sp³-hybridized carbons (Fsp3) is 0.0667. The fourth-order valence-electron chi connectivity index (χ4n) is 8.48. The standard InChI is InChI=1S/C45H30O/c1-2-13-32(14-3-1)45(38-18-8-6-16-36(38)43-34-15-5-4-11-29(34)24-28-39(43)45)33-25-21-30(22-26-33)35-27-23-31-12-10-20-41-42(31)44(35)37-17-7-9-19-40(37)46-41/h1-8,10-18,20-28H,9,19H2. The molecule has 0 amide bonds. The van der Waals surface area contributed by atoms with E-state index >= 15 is 0 Å². The molecule has 1 nitrogen and oxygen atoms in total. The molecule has 46 heavy (non-hydrogen) atoms. The quantitative estimate of drug-likeness (QED) is 0.200. The lowest BCUT2D eigenvalue weighted by molar-refractivity contribution is 0.407. The molecule has 0 fully saturated rings. The van der Waals surface area contributed by atoms with E-state index in [1.807, 2.05) is 0 Å². The Morgan fingerprint density at radius 1 is 0.522 bits per heavy atom. The molecule has 1 heterocycles. The van der Waals surface area contributed by atoms with Crippen molar-refractivity contribution in [1.29, 1.82) is 0 Å². The van der Waals surface area contributed by atoms with E-state index in [2.05, 4.69) is 158 Å². The molecule has 7 aromatic carbocycles. The molecule has 0 aromatic heterocycles. The summed E-state index contributed by atoms with van der Waals surface area (Å²) in [6.07, 6.45) is 6.50. The van der Waals surface area contributed by atoms with Gasteiger partial charge in [0.1, 0.15) is 11.5 Å². The minimum atomic E-state index is -0.434. The zero-order valence-corrected chi connectivity index (χ0v) is 25.3. The second-order valence-electron chi connectivity index (χ2n) is 12.7. The summed E-state index contributed by atoms with van der Waals surface area (Å²) in [7, 11) is 0. The van der Waals surface area contributed by atoms with Crippen molar-refractivity contribution < 1.29 is 4.74 Å². The molecule has 10 rings (SSSR count). The van der Waals surface area contributed by atoms with Gasteiger partial charge in [-0.25, -0.2) is 0 Å². The molecule has 0 N–H and O–H groups in total. The van der Waals surface area contributed by atoms with Crippen LogP contribution in [0.25, 0.3) is 49.4 Å². The van der Waals surface area contributed by atoms with Crippen LogP contribution in [0.3, 0.4) is 0 Å². The number of fused-ring (bicyclic) bond motifs is 6. The lowest BCUT2D eigenvalue weighted by atomic mass is 9.67. The van der Waals surface area contributed by atoms with Gasteiger partial charge in [-0.1, -0.05) is 152 Å². The lowest BCUT2D eigenvalue weighted by Crippen LogP contribution is -2.28. The third kappa shape index (κ3) is 3.40. The maximum atomic E-state index is 6.47. The second-order valence-corrected chi connectivity index (χ2v) is 12.7. The van der Waals surface area contributed by atoms with Crippen LogP contribution in [0.2, 0.25) is 0 Å². The summed E-state index contributed by atoms with van der Waals surface area (Å²) in [5, 5.41) is 5.00. The Balaban J connectivity index is 1.23. The summed E-state index contributed by atoms with van der Waals surface area (Å²) in [5.74, 6) is 2.05. The molecule has 7 aromatic rings. The smallest absolute Gasteiger partial charge is 0.135 e. The highest BCUT2D eigenvalue weighted by Gasteiger charge is 2.46. The fourth-order valence-corrected chi connectivity index (χ4v) is 8.48. The zero-order chi connectivity index (χ0) is 30.2. The van der Waals surface area contributed by atoms with Crippen molar-refractivity contribution in [2.45, 2.75) is 18.3 Å². The number of hydrogen-bond acceptors (Lipinski definition) is 1. The van der Waals surface area contributed by atoms with E-state index in [4.69, 9.17) is 4.74 Å². The van der Waals surface area contributed by atoms with Crippen LogP contribution in [0.1, 0.15) is 40.7 Å². The molecule has 0 saturated heterocycles. The molecule has 0 saturated carbocycles. The number of benzene rings is 7. The van der Waals surface area contributed by atoms with Gasteiger partial charge in [-0.3, -0.25) is 0 Å². The van der Waals surface area contributed by atoms with Crippen LogP contribution in [0, 0.1) is 0 Å². The van der Waals surface area contributed by atoms with Crippen molar-refractivity contribution in [2.24, 2.45) is 0 Å². The Morgan fingerprint density at radius 3 is 2.20 bits per heavy atom. The molecule has 1 unspecified atom stereocenters. The Bertz CT molecular complexity index is 2430. The van der Waals surface area contributed by atoms with Gasteiger partial charge in [-0.15, -0.1) is 0 Å². The van der Waals surface area contributed by atoms with Crippen molar-refractivity contribution in [2.75, 3.05) is 0 Å². The van der Waals surface area contributed by atoms with Gasteiger partial charge >= 0.3 is 0 Å². The zero-order valence-electron chi connectivity index (χ0n) is 25.3. The highest BCUT2D eigenvalue weighted by molar-refractivity contribution is 6.08. The Labute approximate surface area is 268 Å². The maximum absolute atomic E-state index is 6.47. The molecular formula is C45H30O. The van der Waals surface area contributed by atoms with Crippen LogP contribution in [-0.4, -0.2) is 0 Å². The topological polar surface area (TPSA) is 9.23 Å². The van der Waals surface area contributed by atoms with Gasteiger partial charge < -0.3 is 4.74 Å². The van der Waals surface area contributed by atoms with Gasteiger partial charge in [0.15, 0.2) is 0 Å². The predicted octanol–water partition coefficient (Wildman–Crippen LogP) is 11.5. The summed E-state index contributed by atoms with van der Waals surface area (Å²) >= 11 is 0. The molecule has 0 radical (unpaired) electrons. The largest absolute Gasteiger partial charge is 0.460 e. The van der Waals surface area contributed by atoms with E-state index in [1.54, 1.807) is 0 Å². The summed E-state index contributed by atoms with van der Waals surface area (Å²) in [5.41, 5.74) is 12.5. The summed E-state index contributed by atoms with van der Waals surface area (Å²) < 4.78 is 6.47. The first-order valence-corrected chi connectivity index (χ1v) is 16.2. The van der Waals surface area contributed by atoms with E-state index in [0.29, 0.717) is 0 Å². The first-order valence-electron chi connectivity index (χ1n) is 16.2. The molecule has 1 atom stereocenters. The summed E-state index contributed by atoms with van der Waals surface area (Å²) in [4.78, 5) is 0. The van der Waals surface area contributed by atoms with Gasteiger partial charge in [0.05, 0.1) is 5.41 Å². The normalized spacial score (nSPS) is 17.5. The van der Waals surface area contributed by atoms with Crippen LogP contribution < -0.4 is 4.74 Å². The Morgan fingerprint density at radius 2 is 1.28 bits per heavy atom. The molecule has 3 aliphatic rings. The SMILES string of the molecule is C1=CC2=C(CC1)Oc1cccc3ccc(-c4ccc(C5(c6ccccc6)c6ccccc6-c6c5ccc5ccccc65)cc4)c2c13. The first-order chi connectivity index (χ1) is 22.8. The number of rotatable bonds is 3. The van der Waals surface area contributed by atoms with Crippen molar-refractivity contribution in [1.82, 2.24) is 0 Å². The van der Waals surface area contributed by atoms with Crippen LogP contribution in [0.5, 0.6) is 5.75 Å². The summed E-state index contributed by atoms with van der Waals surface area (Å²) in [6, 6.07) is 53.9. The molecule has 0 spiro atoms. The van der Waals surface area contributed by atoms with Crippen molar-refractivity contribution in [3.63, 3.8) is 0 Å². The average molecular weight is 587 g/mol. The van der Waals surface area contributed by atoms with Gasteiger partial charge in [0.25, 0.3) is 0 Å². The van der Waals surface area contributed by atoms with Gasteiger partial charge in [-0.2, -0.15) is 0 Å². The average Bonchev–Trinajstić information content (AvgIpc) is 3.44. The van der Waals surface area contributed by atoms with Crippen molar-refractivity contribution >= 4 is 27.1 Å². The Kier molecular flexibility index (Phi) is 5.39. The minimum Gasteiger partial charge on any atom is -0.460 e. The Hall–Kier alpha value is -5.66. The van der Waals surface area contributed by atoms with Gasteiger partial charge in [0.2, 0.25) is 0 Å². The van der Waals surface area contributed by atoms with Crippen LogP contribution in [0.15, 0.2) is 164 Å². The lowest BCUT2D eigenvalue weighted by Gasteiger charge is -2.34. The van der Waals surface area contributed by atoms with Crippen LogP contribution >= 0.6 is 0 Å². The second kappa shape index (κ2) is 9.67. The number of hydrogen-bond donors (Lipinski definition) is 0. The van der Waals surface area contributed by atoms with Crippen molar-refractivity contribution in [3.8, 4) is 28.0 Å². The number of allylic oxidation sites excluding steroid dienone is 4. The highest BCUT2D eigenvalue weighted by Crippen LogP contribution is 2.58. The molecule has 0 bridgehead atoms. The first kappa shape index (κ1) is 25.6. The van der Waals surface area contributed by atoms with E-state index < -0.39 is 5.41 Å². The van der Waals surface area contributed by atoms with Crippen molar-refractivity contribution in [3.05, 3.63) is 191 Å². The van der Waals surface area contributed by atoms with Crippen LogP contribution in [-0.2, 0) is 5.41 Å². The molecule has 2 aliphatic carbocycles. The highest BCUT2D eigenvalue weighted by atomic mass is 16.5. The van der Waals surface area contributed by atoms with E-state index in [0.717, 1.165) is 24.4 Å². The molecular weight excluding hydrogens is 556 g/mol. The third-order valence-corrected chi connectivity index (χ3v) is 10.4. The molecule has 1 heteroatoms. The molecule has 216 valence electrons. The predicted molar refractivity (Wildman–Crippen MR) is 190 cm³/mol. The summed E-state index contributed by atoms with van der Waals surface area (Å²) in [6.45, 7) is 0. The van der Waals surface area contributed by atoms with Gasteiger partial charge in [0, 0.05) is 22.9 Å².